The van der Waals surface area contributed by atoms with E-state index in [4.69, 9.17) is 15.4 Å². The number of primary amides is 1. The Hall–Kier alpha value is -2.29. The van der Waals surface area contributed by atoms with Crippen LogP contribution >= 0.6 is 0 Å². The Morgan fingerprint density at radius 3 is 2.10 bits per heavy atom. The van der Waals surface area contributed by atoms with E-state index in [0.717, 1.165) is 5.56 Å². The molecule has 7 nitrogen and oxygen atoms in total. The van der Waals surface area contributed by atoms with Gasteiger partial charge in [-0.15, -0.1) is 0 Å². The first-order chi connectivity index (χ1) is 9.84. The summed E-state index contributed by atoms with van der Waals surface area (Å²) < 4.78 is 29.1. The molecule has 21 heavy (non-hydrogen) atoms. The molecular formula is C13H14N2O5S. The Labute approximate surface area is 121 Å². The van der Waals surface area contributed by atoms with E-state index in [1.807, 2.05) is 0 Å². The first-order valence-electron chi connectivity index (χ1n) is 5.72. The van der Waals surface area contributed by atoms with Crippen LogP contribution in [0.5, 0.6) is 0 Å². The lowest BCUT2D eigenvalue weighted by Crippen LogP contribution is -2.10. The summed E-state index contributed by atoms with van der Waals surface area (Å²) in [6, 6.07) is 10.8. The highest BCUT2D eigenvalue weighted by atomic mass is 32.2. The van der Waals surface area contributed by atoms with Crippen LogP contribution in [0.4, 0.5) is 0 Å². The molecule has 0 fully saturated rings. The lowest BCUT2D eigenvalue weighted by Gasteiger charge is -1.96. The zero-order valence-electron chi connectivity index (χ0n) is 10.9. The molecule has 0 radical (unpaired) electrons. The maximum absolute atomic E-state index is 10.6. The van der Waals surface area contributed by atoms with E-state index in [-0.39, 0.29) is 11.6 Å². The number of pyridine rings is 1. The molecule has 4 N–H and O–H groups in total. The topological polar surface area (TPSA) is 131 Å². The number of carbonyl (C=O) groups excluding carboxylic acids is 1. The number of aliphatic hydroxyl groups is 1. The molecule has 0 aliphatic rings. The number of aromatic nitrogens is 1. The van der Waals surface area contributed by atoms with Gasteiger partial charge in [0.25, 0.3) is 0 Å². The van der Waals surface area contributed by atoms with Crippen molar-refractivity contribution in [3.8, 4) is 0 Å². The maximum Gasteiger partial charge on any atom is 0.312 e. The highest BCUT2D eigenvalue weighted by Crippen LogP contribution is 2.03. The van der Waals surface area contributed by atoms with Crippen molar-refractivity contribution < 1.29 is 22.9 Å². The quantitative estimate of drug-likeness (QED) is 0.712. The zero-order chi connectivity index (χ0) is 15.9. The van der Waals surface area contributed by atoms with E-state index in [2.05, 4.69) is 4.98 Å². The lowest BCUT2D eigenvalue weighted by atomic mass is 10.1. The third kappa shape index (κ3) is 5.69. The van der Waals surface area contributed by atoms with Crippen molar-refractivity contribution in [1.82, 2.24) is 4.98 Å². The molecule has 2 rings (SSSR count). The van der Waals surface area contributed by atoms with E-state index < -0.39 is 16.0 Å². The van der Waals surface area contributed by atoms with Crippen molar-refractivity contribution in [3.05, 3.63) is 59.8 Å². The van der Waals surface area contributed by atoms with E-state index in [9.17, 15) is 13.2 Å². The highest BCUT2D eigenvalue weighted by Gasteiger charge is 2.08. The van der Waals surface area contributed by atoms with Gasteiger partial charge in [-0.1, -0.05) is 18.2 Å². The van der Waals surface area contributed by atoms with Crippen molar-refractivity contribution in [2.24, 2.45) is 5.73 Å². The van der Waals surface area contributed by atoms with Crippen LogP contribution < -0.4 is 5.73 Å². The second-order valence-corrected chi connectivity index (χ2v) is 5.23. The SMILES string of the molecule is NC(=O)c1ccc(CO)cc1.O=S(=O)(O)c1ccccn1. The number of benzene rings is 1. The molecule has 0 unspecified atom stereocenters. The Kier molecular flexibility index (Phi) is 5.97. The molecule has 112 valence electrons. The fourth-order valence-electron chi connectivity index (χ4n) is 1.27. The summed E-state index contributed by atoms with van der Waals surface area (Å²) in [7, 11) is -4.11. The van der Waals surface area contributed by atoms with Crippen LogP contribution in [0.3, 0.4) is 0 Å². The van der Waals surface area contributed by atoms with Gasteiger partial charge in [-0.2, -0.15) is 8.42 Å². The van der Waals surface area contributed by atoms with E-state index in [0.29, 0.717) is 5.56 Å². The molecule has 0 saturated carbocycles. The molecule has 8 heteroatoms. The summed E-state index contributed by atoms with van der Waals surface area (Å²) in [6.45, 7) is -0.0148. The number of amides is 1. The fourth-order valence-corrected chi connectivity index (χ4v) is 1.72. The maximum atomic E-state index is 10.6. The highest BCUT2D eigenvalue weighted by molar-refractivity contribution is 7.85. The molecule has 0 saturated heterocycles. The Morgan fingerprint density at radius 1 is 1.14 bits per heavy atom. The Balaban J connectivity index is 0.000000211. The molecule has 1 heterocycles. The molecule has 1 aromatic carbocycles. The first kappa shape index (κ1) is 16.8. The minimum Gasteiger partial charge on any atom is -0.392 e. The van der Waals surface area contributed by atoms with Crippen molar-refractivity contribution in [3.63, 3.8) is 0 Å². The molecule has 0 aliphatic carbocycles. The van der Waals surface area contributed by atoms with Crippen LogP contribution in [0.25, 0.3) is 0 Å². The Morgan fingerprint density at radius 2 is 1.76 bits per heavy atom. The standard InChI is InChI=1S/C8H9NO2.C5H5NO3S/c9-8(11)7-3-1-6(5-10)2-4-7;7-10(8,9)5-3-1-2-4-6-5/h1-4,10H,5H2,(H2,9,11);1-4H,(H,7,8,9). The normalized spacial score (nSPS) is 10.4. The van der Waals surface area contributed by atoms with Crippen LogP contribution in [0.15, 0.2) is 53.7 Å². The van der Waals surface area contributed by atoms with Gasteiger partial charge >= 0.3 is 10.1 Å². The molecule has 1 aromatic heterocycles. The average molecular weight is 310 g/mol. The molecular weight excluding hydrogens is 296 g/mol. The molecule has 0 bridgehead atoms. The second kappa shape index (κ2) is 7.48. The van der Waals surface area contributed by atoms with E-state index in [1.165, 1.54) is 18.3 Å². The summed E-state index contributed by atoms with van der Waals surface area (Å²) in [4.78, 5) is 14.0. The predicted octanol–water partition coefficient (Wildman–Crippen LogP) is 0.606. The number of nitrogens with two attached hydrogens (primary N) is 1. The van der Waals surface area contributed by atoms with Gasteiger partial charge in [0.1, 0.15) is 0 Å². The third-order valence-corrected chi connectivity index (χ3v) is 3.09. The van der Waals surface area contributed by atoms with Crippen LogP contribution in [0, 0.1) is 0 Å². The van der Waals surface area contributed by atoms with Crippen LogP contribution in [-0.2, 0) is 16.7 Å². The second-order valence-electron chi connectivity index (χ2n) is 3.86. The van der Waals surface area contributed by atoms with Crippen molar-refractivity contribution >= 4 is 16.0 Å². The summed E-state index contributed by atoms with van der Waals surface area (Å²) in [5.41, 5.74) is 6.24. The van der Waals surface area contributed by atoms with Gasteiger partial charge in [0.05, 0.1) is 6.61 Å². The van der Waals surface area contributed by atoms with E-state index in [1.54, 1.807) is 30.3 Å². The molecule has 0 atom stereocenters. The number of nitrogens with zero attached hydrogens (tertiary/aromatic N) is 1. The largest absolute Gasteiger partial charge is 0.392 e. The van der Waals surface area contributed by atoms with Crippen molar-refractivity contribution in [2.75, 3.05) is 0 Å². The van der Waals surface area contributed by atoms with Crippen molar-refractivity contribution in [2.45, 2.75) is 11.6 Å². The number of rotatable bonds is 3. The summed E-state index contributed by atoms with van der Waals surface area (Å²) in [5.74, 6) is -0.450. The minimum absolute atomic E-state index is 0.0148. The van der Waals surface area contributed by atoms with Crippen LogP contribution in [0.1, 0.15) is 15.9 Å². The van der Waals surface area contributed by atoms with Gasteiger partial charge in [-0.05, 0) is 29.8 Å². The number of carbonyl (C=O) groups is 1. The fraction of sp³-hybridized carbons (Fsp3) is 0.0769. The average Bonchev–Trinajstić information content (AvgIpc) is 2.48. The van der Waals surface area contributed by atoms with Gasteiger partial charge in [-0.25, -0.2) is 4.98 Å². The lowest BCUT2D eigenvalue weighted by molar-refractivity contribution is 0.1000. The number of hydrogen-bond donors (Lipinski definition) is 3. The summed E-state index contributed by atoms with van der Waals surface area (Å²) in [6.07, 6.45) is 1.29. The smallest absolute Gasteiger partial charge is 0.312 e. The zero-order valence-corrected chi connectivity index (χ0v) is 11.7. The van der Waals surface area contributed by atoms with Crippen LogP contribution in [0.2, 0.25) is 0 Å². The van der Waals surface area contributed by atoms with Gasteiger partial charge in [0, 0.05) is 11.8 Å². The number of hydrogen-bond acceptors (Lipinski definition) is 5. The number of aliphatic hydroxyl groups excluding tert-OH is 1. The minimum atomic E-state index is -4.11. The summed E-state index contributed by atoms with van der Waals surface area (Å²) in [5, 5.41) is 8.33. The first-order valence-corrected chi connectivity index (χ1v) is 7.16. The van der Waals surface area contributed by atoms with Gasteiger partial charge in [-0.3, -0.25) is 9.35 Å². The van der Waals surface area contributed by atoms with Gasteiger partial charge in [0.15, 0.2) is 5.03 Å². The van der Waals surface area contributed by atoms with Gasteiger partial charge in [0.2, 0.25) is 5.91 Å². The van der Waals surface area contributed by atoms with Crippen molar-refractivity contribution in [1.29, 1.82) is 0 Å². The van der Waals surface area contributed by atoms with E-state index >= 15 is 0 Å². The molecule has 2 aromatic rings. The Bertz CT molecular complexity index is 684. The molecule has 0 spiro atoms. The molecule has 0 aliphatic heterocycles. The third-order valence-electron chi connectivity index (χ3n) is 2.32. The monoisotopic (exact) mass is 310 g/mol. The molecule has 1 amide bonds. The van der Waals surface area contributed by atoms with Crippen LogP contribution in [-0.4, -0.2) is 29.0 Å². The predicted molar refractivity (Wildman–Crippen MR) is 74.9 cm³/mol. The van der Waals surface area contributed by atoms with Gasteiger partial charge < -0.3 is 10.8 Å². The summed E-state index contributed by atoms with van der Waals surface area (Å²) >= 11 is 0.